The van der Waals surface area contributed by atoms with E-state index in [4.69, 9.17) is 4.84 Å². The molecule has 1 aromatic heterocycles. The van der Waals surface area contributed by atoms with Crippen LogP contribution in [0.4, 0.5) is 0 Å². The summed E-state index contributed by atoms with van der Waals surface area (Å²) in [6.45, 7) is 6.89. The minimum absolute atomic E-state index is 0.105. The largest absolute Gasteiger partial charge is 0.465 e. The predicted molar refractivity (Wildman–Crippen MR) is 58.9 cm³/mol. The molecule has 0 amide bonds. The van der Waals surface area contributed by atoms with Crippen LogP contribution in [0, 0.1) is 5.41 Å². The lowest BCUT2D eigenvalue weighted by Crippen LogP contribution is -2.45. The van der Waals surface area contributed by atoms with Crippen molar-refractivity contribution in [1.29, 1.82) is 0 Å². The Morgan fingerprint density at radius 3 is 2.31 bits per heavy atom. The van der Waals surface area contributed by atoms with Crippen molar-refractivity contribution < 1.29 is 19.1 Å². The van der Waals surface area contributed by atoms with Gasteiger partial charge in [-0.2, -0.15) is 0 Å². The molecule has 0 aliphatic heterocycles. The normalized spacial score (nSPS) is 11.0. The molecule has 1 heterocycles. The van der Waals surface area contributed by atoms with E-state index in [0.29, 0.717) is 12.2 Å². The van der Waals surface area contributed by atoms with Crippen LogP contribution in [0.1, 0.15) is 31.1 Å². The maximum atomic E-state index is 11.2. The Morgan fingerprint density at radius 1 is 1.31 bits per heavy atom. The molecule has 0 fully saturated rings. The second-order valence-corrected chi connectivity index (χ2v) is 4.77. The molecule has 0 aliphatic rings. The molecule has 0 saturated heterocycles. The number of pyridine rings is 1. The lowest BCUT2D eigenvalue weighted by atomic mass is 9.99. The van der Waals surface area contributed by atoms with E-state index in [1.54, 1.807) is 29.3 Å². The first-order valence-corrected chi connectivity index (χ1v) is 5.15. The first-order valence-electron chi connectivity index (χ1n) is 5.15. The minimum atomic E-state index is -0.344. The second kappa shape index (κ2) is 4.96. The topological polar surface area (TPSA) is 39.4 Å². The van der Waals surface area contributed by atoms with Gasteiger partial charge in [-0.3, -0.25) is 4.84 Å². The van der Waals surface area contributed by atoms with Crippen molar-refractivity contribution in [2.75, 3.05) is 13.7 Å². The number of aromatic nitrogens is 1. The van der Waals surface area contributed by atoms with E-state index < -0.39 is 0 Å². The third kappa shape index (κ3) is 3.88. The molecule has 0 unspecified atom stereocenters. The molecule has 0 aliphatic carbocycles. The van der Waals surface area contributed by atoms with Crippen molar-refractivity contribution in [3.05, 3.63) is 30.1 Å². The summed E-state index contributed by atoms with van der Waals surface area (Å²) in [7, 11) is 1.36. The van der Waals surface area contributed by atoms with Gasteiger partial charge in [0.05, 0.1) is 12.7 Å². The van der Waals surface area contributed by atoms with Crippen LogP contribution >= 0.6 is 0 Å². The molecule has 0 radical (unpaired) electrons. The van der Waals surface area contributed by atoms with E-state index in [2.05, 4.69) is 25.5 Å². The molecule has 0 N–H and O–H groups in total. The molecule has 0 atom stereocenters. The molecule has 1 aromatic rings. The zero-order chi connectivity index (χ0) is 12.2. The summed E-state index contributed by atoms with van der Waals surface area (Å²) in [5.41, 5.74) is 0.617. The standard InChI is InChI=1S/C12H18NO3/c1-12(2,3)9-16-13-7-5-10(6-8-13)11(14)15-4/h5-8H,9H2,1-4H3/q+1. The van der Waals surface area contributed by atoms with Crippen LogP contribution in [0.2, 0.25) is 0 Å². The molecular weight excluding hydrogens is 206 g/mol. The molecule has 4 heteroatoms. The Bertz CT molecular complexity index is 352. The maximum Gasteiger partial charge on any atom is 0.338 e. The lowest BCUT2D eigenvalue weighted by Gasteiger charge is -2.13. The van der Waals surface area contributed by atoms with Gasteiger partial charge in [0.2, 0.25) is 12.4 Å². The van der Waals surface area contributed by atoms with Crippen LogP contribution in [0.5, 0.6) is 0 Å². The lowest BCUT2D eigenvalue weighted by molar-refractivity contribution is -0.893. The monoisotopic (exact) mass is 224 g/mol. The van der Waals surface area contributed by atoms with Crippen molar-refractivity contribution in [2.24, 2.45) is 5.41 Å². The van der Waals surface area contributed by atoms with Gasteiger partial charge in [-0.05, 0) is 0 Å². The third-order valence-corrected chi connectivity index (χ3v) is 1.87. The van der Waals surface area contributed by atoms with Crippen LogP contribution in [0.25, 0.3) is 0 Å². The fourth-order valence-corrected chi connectivity index (χ4v) is 1.02. The predicted octanol–water partition coefficient (Wildman–Crippen LogP) is 1.24. The number of rotatable bonds is 3. The Kier molecular flexibility index (Phi) is 3.88. The van der Waals surface area contributed by atoms with Gasteiger partial charge in [-0.25, -0.2) is 4.79 Å². The number of hydrogen-bond donors (Lipinski definition) is 0. The van der Waals surface area contributed by atoms with Gasteiger partial charge in [0, 0.05) is 22.3 Å². The summed E-state index contributed by atoms with van der Waals surface area (Å²) in [5, 5.41) is 0. The summed E-state index contributed by atoms with van der Waals surface area (Å²) in [5.74, 6) is -0.344. The highest BCUT2D eigenvalue weighted by Crippen LogP contribution is 2.10. The second-order valence-electron chi connectivity index (χ2n) is 4.77. The van der Waals surface area contributed by atoms with Crippen molar-refractivity contribution >= 4 is 5.97 Å². The fraction of sp³-hybridized carbons (Fsp3) is 0.500. The molecule has 0 saturated carbocycles. The smallest absolute Gasteiger partial charge is 0.338 e. The highest BCUT2D eigenvalue weighted by Gasteiger charge is 2.15. The summed E-state index contributed by atoms with van der Waals surface area (Å²) < 4.78 is 6.18. The van der Waals surface area contributed by atoms with Gasteiger partial charge in [0.1, 0.15) is 0 Å². The first kappa shape index (κ1) is 12.5. The van der Waals surface area contributed by atoms with Gasteiger partial charge in [-0.15, -0.1) is 0 Å². The van der Waals surface area contributed by atoms with Crippen LogP contribution < -0.4 is 9.57 Å². The number of ether oxygens (including phenoxy) is 1. The van der Waals surface area contributed by atoms with Gasteiger partial charge in [0.25, 0.3) is 0 Å². The quantitative estimate of drug-likeness (QED) is 0.572. The third-order valence-electron chi connectivity index (χ3n) is 1.87. The number of carbonyl (C=O) groups is 1. The molecule has 0 aromatic carbocycles. The van der Waals surface area contributed by atoms with E-state index in [1.165, 1.54) is 7.11 Å². The minimum Gasteiger partial charge on any atom is -0.465 e. The fourth-order valence-electron chi connectivity index (χ4n) is 1.02. The molecule has 1 rings (SSSR count). The van der Waals surface area contributed by atoms with E-state index in [1.807, 2.05) is 0 Å². The molecule has 88 valence electrons. The number of hydrogen-bond acceptors (Lipinski definition) is 3. The van der Waals surface area contributed by atoms with E-state index in [9.17, 15) is 4.79 Å². The molecule has 0 spiro atoms. The SMILES string of the molecule is COC(=O)c1cc[n+](OCC(C)(C)C)cc1. The molecule has 16 heavy (non-hydrogen) atoms. The van der Waals surface area contributed by atoms with Gasteiger partial charge in [-0.1, -0.05) is 20.8 Å². The zero-order valence-corrected chi connectivity index (χ0v) is 10.2. The Hall–Kier alpha value is -1.58. The number of esters is 1. The Labute approximate surface area is 95.8 Å². The van der Waals surface area contributed by atoms with Crippen molar-refractivity contribution in [2.45, 2.75) is 20.8 Å². The van der Waals surface area contributed by atoms with E-state index in [-0.39, 0.29) is 11.4 Å². The number of carbonyl (C=O) groups excluding carboxylic acids is 1. The summed E-state index contributed by atoms with van der Waals surface area (Å²) in [4.78, 5) is 16.7. The molecule has 4 nitrogen and oxygen atoms in total. The van der Waals surface area contributed by atoms with Crippen molar-refractivity contribution in [3.63, 3.8) is 0 Å². The first-order chi connectivity index (χ1) is 7.42. The zero-order valence-electron chi connectivity index (χ0n) is 10.2. The van der Waals surface area contributed by atoms with Crippen LogP contribution in [0.15, 0.2) is 24.5 Å². The average molecular weight is 224 g/mol. The van der Waals surface area contributed by atoms with Gasteiger partial charge >= 0.3 is 5.97 Å². The van der Waals surface area contributed by atoms with Crippen LogP contribution in [0.3, 0.4) is 0 Å². The van der Waals surface area contributed by atoms with Crippen molar-refractivity contribution in [1.82, 2.24) is 0 Å². The number of methoxy groups -OCH3 is 1. The Morgan fingerprint density at radius 2 is 1.88 bits per heavy atom. The highest BCUT2D eigenvalue weighted by atomic mass is 16.7. The van der Waals surface area contributed by atoms with Crippen LogP contribution in [-0.4, -0.2) is 19.7 Å². The molecular formula is C12H18NO3+. The summed E-state index contributed by atoms with van der Waals surface area (Å²) in [6, 6.07) is 3.32. The highest BCUT2D eigenvalue weighted by molar-refractivity contribution is 5.88. The Balaban J connectivity index is 2.62. The average Bonchev–Trinajstić information content (AvgIpc) is 2.25. The number of nitrogens with zero attached hydrogens (tertiary/aromatic N) is 1. The maximum absolute atomic E-state index is 11.2. The molecule has 0 bridgehead atoms. The van der Waals surface area contributed by atoms with Crippen LogP contribution in [-0.2, 0) is 4.74 Å². The summed E-state index contributed by atoms with van der Waals surface area (Å²) >= 11 is 0. The van der Waals surface area contributed by atoms with E-state index in [0.717, 1.165) is 0 Å². The van der Waals surface area contributed by atoms with E-state index >= 15 is 0 Å². The van der Waals surface area contributed by atoms with Crippen molar-refractivity contribution in [3.8, 4) is 0 Å². The van der Waals surface area contributed by atoms with Gasteiger partial charge in [0.15, 0.2) is 6.61 Å². The van der Waals surface area contributed by atoms with Gasteiger partial charge < -0.3 is 4.74 Å². The summed E-state index contributed by atoms with van der Waals surface area (Å²) in [6.07, 6.45) is 3.38.